The van der Waals surface area contributed by atoms with E-state index in [-0.39, 0.29) is 0 Å². The van der Waals surface area contributed by atoms with E-state index in [0.717, 1.165) is 0 Å². The molecule has 0 aromatic rings. The number of allylic oxidation sites excluding steroid dienone is 1. The van der Waals surface area contributed by atoms with Gasteiger partial charge in [-0.05, 0) is 27.1 Å². The first kappa shape index (κ1) is 9.92. The summed E-state index contributed by atoms with van der Waals surface area (Å²) in [5.41, 5.74) is 2.39. The Morgan fingerprint density at radius 2 is 2.00 bits per heavy atom. The van der Waals surface area contributed by atoms with Crippen molar-refractivity contribution in [3.05, 3.63) is 11.8 Å². The molecule has 0 fully saturated rings. The zero-order valence-electron chi connectivity index (χ0n) is 7.59. The van der Waals surface area contributed by atoms with Gasteiger partial charge in [-0.2, -0.15) is 0 Å². The molecule has 0 radical (unpaired) electrons. The van der Waals surface area contributed by atoms with Crippen molar-refractivity contribution < 1.29 is 0 Å². The molecular weight excluding hydrogens is 138 g/mol. The largest absolute Gasteiger partial charge is 0.328 e. The molecule has 0 aliphatic carbocycles. The molecule has 0 aliphatic rings. The summed E-state index contributed by atoms with van der Waals surface area (Å²) in [6, 6.07) is 1.40. The summed E-state index contributed by atoms with van der Waals surface area (Å²) in [7, 11) is 3.72. The van der Waals surface area contributed by atoms with Crippen molar-refractivity contribution >= 4 is 8.96 Å². The lowest BCUT2D eigenvalue weighted by Crippen LogP contribution is -2.30. The second-order valence-electron chi connectivity index (χ2n) is 2.85. The highest BCUT2D eigenvalue weighted by atomic mass is 28.3. The molecule has 1 unspecified atom stereocenters. The maximum Gasteiger partial charge on any atom is 0.135 e. The van der Waals surface area contributed by atoms with Gasteiger partial charge in [0.1, 0.15) is 8.96 Å². The van der Waals surface area contributed by atoms with Crippen LogP contribution in [0.4, 0.5) is 0 Å². The van der Waals surface area contributed by atoms with Crippen LogP contribution in [-0.4, -0.2) is 27.6 Å². The molecule has 0 aromatic carbocycles. The molecule has 0 N–H and O–H groups in total. The van der Waals surface area contributed by atoms with Gasteiger partial charge in [0.25, 0.3) is 0 Å². The smallest absolute Gasteiger partial charge is 0.135 e. The molecule has 0 spiro atoms. The number of rotatable bonds is 4. The third-order valence-electron chi connectivity index (χ3n) is 1.66. The summed E-state index contributed by atoms with van der Waals surface area (Å²) in [5, 5.41) is 0. The first-order chi connectivity index (χ1) is 4.72. The molecule has 10 heavy (non-hydrogen) atoms. The van der Waals surface area contributed by atoms with E-state index in [1.165, 1.54) is 12.5 Å². The Balaban J connectivity index is 3.72. The third-order valence-corrected chi connectivity index (χ3v) is 4.99. The molecular formula is C8H19NSi. The summed E-state index contributed by atoms with van der Waals surface area (Å²) < 4.78 is 2.39. The highest BCUT2D eigenvalue weighted by Crippen LogP contribution is 2.00. The lowest BCUT2D eigenvalue weighted by molar-refractivity contribution is 0.641. The number of hydrogen-bond donors (Lipinski definition) is 0. The average Bonchev–Trinajstić information content (AvgIpc) is 1.87. The van der Waals surface area contributed by atoms with Crippen molar-refractivity contribution in [2.24, 2.45) is 0 Å². The van der Waals surface area contributed by atoms with Gasteiger partial charge in [0.2, 0.25) is 0 Å². The minimum Gasteiger partial charge on any atom is -0.328 e. The molecule has 0 aliphatic heterocycles. The highest BCUT2D eigenvalue weighted by molar-refractivity contribution is 6.61. The van der Waals surface area contributed by atoms with Crippen LogP contribution in [0, 0.1) is 0 Å². The van der Waals surface area contributed by atoms with E-state index < -0.39 is 8.96 Å². The molecule has 0 heterocycles. The van der Waals surface area contributed by atoms with E-state index in [4.69, 9.17) is 0 Å². The topological polar surface area (TPSA) is 3.24 Å². The highest BCUT2D eigenvalue weighted by Gasteiger charge is 2.06. The molecule has 0 aromatic heterocycles. The van der Waals surface area contributed by atoms with Gasteiger partial charge < -0.3 is 4.57 Å². The monoisotopic (exact) mass is 157 g/mol. The molecule has 60 valence electrons. The summed E-state index contributed by atoms with van der Waals surface area (Å²) >= 11 is 0. The van der Waals surface area contributed by atoms with E-state index in [1.807, 2.05) is 0 Å². The van der Waals surface area contributed by atoms with Crippen LogP contribution in [-0.2, 0) is 0 Å². The first-order valence-corrected chi connectivity index (χ1v) is 6.01. The Kier molecular flexibility index (Phi) is 5.64. The molecule has 0 rings (SSSR count). The second-order valence-corrected chi connectivity index (χ2v) is 5.98. The van der Waals surface area contributed by atoms with E-state index in [0.29, 0.717) is 0 Å². The van der Waals surface area contributed by atoms with Gasteiger partial charge in [0.15, 0.2) is 0 Å². The minimum atomic E-state index is -0.654. The van der Waals surface area contributed by atoms with Crippen LogP contribution in [0.3, 0.4) is 0 Å². The fourth-order valence-electron chi connectivity index (χ4n) is 1.04. The average molecular weight is 157 g/mol. The van der Waals surface area contributed by atoms with E-state index in [1.54, 1.807) is 0 Å². The van der Waals surface area contributed by atoms with Crippen LogP contribution in [0.25, 0.3) is 0 Å². The normalized spacial score (nSPS) is 14.9. The van der Waals surface area contributed by atoms with Crippen LogP contribution in [0.1, 0.15) is 20.3 Å². The van der Waals surface area contributed by atoms with Crippen LogP contribution in [0.15, 0.2) is 11.8 Å². The molecule has 1 atom stereocenters. The number of nitrogens with zero attached hydrogens (tertiary/aromatic N) is 1. The SMILES string of the molecule is CC=C[SiH](CCC)N(C)C. The van der Waals surface area contributed by atoms with Gasteiger partial charge in [0, 0.05) is 0 Å². The minimum absolute atomic E-state index is 0.654. The van der Waals surface area contributed by atoms with E-state index >= 15 is 0 Å². The maximum absolute atomic E-state index is 2.39. The Labute approximate surface area is 66.4 Å². The van der Waals surface area contributed by atoms with Crippen LogP contribution in [0.2, 0.25) is 6.04 Å². The second kappa shape index (κ2) is 5.68. The lowest BCUT2D eigenvalue weighted by atomic mass is 10.6. The Bertz CT molecular complexity index is 99.4. The van der Waals surface area contributed by atoms with Gasteiger partial charge in [-0.3, -0.25) is 0 Å². The zero-order chi connectivity index (χ0) is 7.98. The van der Waals surface area contributed by atoms with E-state index in [2.05, 4.69) is 44.3 Å². The van der Waals surface area contributed by atoms with Gasteiger partial charge in [-0.25, -0.2) is 0 Å². The Hall–Kier alpha value is -0.0831. The molecule has 0 saturated carbocycles. The van der Waals surface area contributed by atoms with Crippen molar-refractivity contribution in [2.45, 2.75) is 26.3 Å². The van der Waals surface area contributed by atoms with Gasteiger partial charge in [0.05, 0.1) is 0 Å². The first-order valence-electron chi connectivity index (χ1n) is 4.01. The predicted octanol–water partition coefficient (Wildman–Crippen LogP) is 1.80. The molecule has 2 heteroatoms. The fraction of sp³-hybridized carbons (Fsp3) is 0.750. The summed E-state index contributed by atoms with van der Waals surface area (Å²) in [6.45, 7) is 4.37. The molecule has 0 bridgehead atoms. The van der Waals surface area contributed by atoms with Crippen LogP contribution >= 0.6 is 0 Å². The standard InChI is InChI=1S/C8H19NSi/c1-5-7-10(8-6-2)9(3)4/h5,7,10H,6,8H2,1-4H3. The van der Waals surface area contributed by atoms with Crippen molar-refractivity contribution in [1.82, 2.24) is 4.57 Å². The molecule has 0 amide bonds. The van der Waals surface area contributed by atoms with E-state index in [9.17, 15) is 0 Å². The predicted molar refractivity (Wildman–Crippen MR) is 50.7 cm³/mol. The van der Waals surface area contributed by atoms with Crippen LogP contribution in [0.5, 0.6) is 0 Å². The fourth-order valence-corrected chi connectivity index (χ4v) is 3.13. The summed E-state index contributed by atoms with van der Waals surface area (Å²) in [6.07, 6.45) is 3.51. The van der Waals surface area contributed by atoms with Crippen molar-refractivity contribution in [2.75, 3.05) is 14.1 Å². The van der Waals surface area contributed by atoms with Gasteiger partial charge in [-0.1, -0.05) is 25.1 Å². The van der Waals surface area contributed by atoms with Crippen molar-refractivity contribution in [3.8, 4) is 0 Å². The Morgan fingerprint density at radius 3 is 2.30 bits per heavy atom. The lowest BCUT2D eigenvalue weighted by Gasteiger charge is -2.17. The molecule has 0 saturated heterocycles. The quantitative estimate of drug-likeness (QED) is 0.562. The van der Waals surface area contributed by atoms with Crippen molar-refractivity contribution in [1.29, 1.82) is 0 Å². The summed E-state index contributed by atoms with van der Waals surface area (Å²) in [5.74, 6) is 0. The third kappa shape index (κ3) is 3.85. The molecule has 1 nitrogen and oxygen atoms in total. The Morgan fingerprint density at radius 1 is 1.40 bits per heavy atom. The van der Waals surface area contributed by atoms with Crippen molar-refractivity contribution in [3.63, 3.8) is 0 Å². The van der Waals surface area contributed by atoms with Gasteiger partial charge in [-0.15, -0.1) is 0 Å². The zero-order valence-corrected chi connectivity index (χ0v) is 8.75. The number of hydrogen-bond acceptors (Lipinski definition) is 1. The maximum atomic E-state index is 2.39. The summed E-state index contributed by atoms with van der Waals surface area (Å²) in [4.78, 5) is 0. The van der Waals surface area contributed by atoms with Crippen LogP contribution < -0.4 is 0 Å². The van der Waals surface area contributed by atoms with Gasteiger partial charge >= 0.3 is 0 Å².